The van der Waals surface area contributed by atoms with Crippen molar-refractivity contribution in [2.24, 2.45) is 11.5 Å². The minimum Gasteiger partial charge on any atom is -0.487 e. The molecule has 0 saturated heterocycles. The molecular formula is C24H21N5O2. The molecule has 2 aromatic carbocycles. The Balaban J connectivity index is 1.76. The molecule has 0 aliphatic rings. The van der Waals surface area contributed by atoms with E-state index in [-0.39, 0.29) is 6.61 Å². The van der Waals surface area contributed by atoms with Crippen LogP contribution in [0.5, 0.6) is 5.75 Å². The van der Waals surface area contributed by atoms with Gasteiger partial charge in [0.15, 0.2) is 0 Å². The van der Waals surface area contributed by atoms with Crippen molar-refractivity contribution >= 4 is 23.0 Å². The number of hydrogen-bond acceptors (Lipinski definition) is 6. The van der Waals surface area contributed by atoms with Crippen LogP contribution in [-0.4, -0.2) is 22.1 Å². The topological polar surface area (TPSA) is 128 Å². The summed E-state index contributed by atoms with van der Waals surface area (Å²) in [6.07, 6.45) is 4.62. The number of pyridine rings is 2. The molecule has 0 atom stereocenters. The summed E-state index contributed by atoms with van der Waals surface area (Å²) in [6.45, 7) is 0.427. The van der Waals surface area contributed by atoms with E-state index in [9.17, 15) is 4.79 Å². The van der Waals surface area contributed by atoms with Crippen molar-refractivity contribution < 1.29 is 9.53 Å². The van der Waals surface area contributed by atoms with E-state index in [0.717, 1.165) is 33.2 Å². The first-order valence-corrected chi connectivity index (χ1v) is 9.70. The number of fused-ring (bicyclic) bond motifs is 1. The number of carbonyl (C=O) groups is 1. The molecule has 0 radical (unpaired) electrons. The maximum Gasteiger partial charge on any atom is 0.250 e. The lowest BCUT2D eigenvalue weighted by atomic mass is 9.98. The van der Waals surface area contributed by atoms with E-state index < -0.39 is 5.91 Å². The van der Waals surface area contributed by atoms with Crippen molar-refractivity contribution in [3.05, 3.63) is 89.4 Å². The molecule has 0 saturated carbocycles. The number of benzene rings is 2. The van der Waals surface area contributed by atoms with Gasteiger partial charge in [0.05, 0.1) is 16.8 Å². The number of ether oxygens (including phenoxy) is 1. The smallest absolute Gasteiger partial charge is 0.250 e. The predicted octanol–water partition coefficient (Wildman–Crippen LogP) is 3.43. The fourth-order valence-electron chi connectivity index (χ4n) is 3.46. The zero-order valence-corrected chi connectivity index (χ0v) is 16.7. The molecule has 0 bridgehead atoms. The lowest BCUT2D eigenvalue weighted by Gasteiger charge is -2.13. The number of nitrogens with zero attached hydrogens (tertiary/aromatic N) is 2. The van der Waals surface area contributed by atoms with Crippen molar-refractivity contribution in [2.45, 2.75) is 13.2 Å². The number of aromatic nitrogens is 2. The summed E-state index contributed by atoms with van der Waals surface area (Å²) in [7, 11) is 0. The monoisotopic (exact) mass is 411 g/mol. The Morgan fingerprint density at radius 3 is 2.61 bits per heavy atom. The summed E-state index contributed by atoms with van der Waals surface area (Å²) < 4.78 is 6.09. The summed E-state index contributed by atoms with van der Waals surface area (Å²) in [5.74, 6) is 0.0691. The molecule has 7 heteroatoms. The minimum atomic E-state index is -0.549. The van der Waals surface area contributed by atoms with E-state index in [1.165, 1.54) is 6.21 Å². The number of primary amides is 1. The van der Waals surface area contributed by atoms with Crippen LogP contribution >= 0.6 is 0 Å². The molecule has 0 unspecified atom stereocenters. The molecule has 5 N–H and O–H groups in total. The lowest BCUT2D eigenvalue weighted by molar-refractivity contribution is 0.0997. The Morgan fingerprint density at radius 1 is 1.03 bits per heavy atom. The molecule has 4 aromatic rings. The summed E-state index contributed by atoms with van der Waals surface area (Å²) in [6, 6.07) is 16.8. The highest BCUT2D eigenvalue weighted by Crippen LogP contribution is 2.33. The van der Waals surface area contributed by atoms with Gasteiger partial charge in [-0.1, -0.05) is 12.1 Å². The predicted molar refractivity (Wildman–Crippen MR) is 120 cm³/mol. The highest BCUT2D eigenvalue weighted by atomic mass is 16.5. The first kappa shape index (κ1) is 20.2. The van der Waals surface area contributed by atoms with Crippen molar-refractivity contribution in [3.8, 4) is 16.9 Å². The van der Waals surface area contributed by atoms with Gasteiger partial charge in [0.1, 0.15) is 12.4 Å². The maximum absolute atomic E-state index is 11.7. The highest BCUT2D eigenvalue weighted by molar-refractivity contribution is 5.94. The van der Waals surface area contributed by atoms with E-state index in [2.05, 4.69) is 9.97 Å². The molecule has 31 heavy (non-hydrogen) atoms. The Morgan fingerprint density at radius 2 is 1.84 bits per heavy atom. The Hall–Kier alpha value is -4.10. The Bertz CT molecular complexity index is 1290. The summed E-state index contributed by atoms with van der Waals surface area (Å²) in [5, 5.41) is 8.38. The van der Waals surface area contributed by atoms with Crippen LogP contribution in [0.3, 0.4) is 0 Å². The molecule has 1 amide bonds. The molecule has 0 aliphatic heterocycles. The number of nitrogens with one attached hydrogen (secondary N) is 1. The number of amides is 1. The maximum atomic E-state index is 11.7. The molecule has 4 rings (SSSR count). The summed E-state index contributed by atoms with van der Waals surface area (Å²) in [5.41, 5.74) is 16.4. The normalized spacial score (nSPS) is 10.7. The highest BCUT2D eigenvalue weighted by Gasteiger charge is 2.13. The van der Waals surface area contributed by atoms with Crippen LogP contribution in [0.2, 0.25) is 0 Å². The largest absolute Gasteiger partial charge is 0.487 e. The van der Waals surface area contributed by atoms with E-state index in [4.69, 9.17) is 21.6 Å². The second-order valence-electron chi connectivity index (χ2n) is 6.96. The number of nitrogens with two attached hydrogens (primary N) is 2. The zero-order chi connectivity index (χ0) is 21.8. The van der Waals surface area contributed by atoms with Gasteiger partial charge in [0.25, 0.3) is 5.91 Å². The second-order valence-corrected chi connectivity index (χ2v) is 6.96. The van der Waals surface area contributed by atoms with Crippen LogP contribution in [0.15, 0.2) is 67.0 Å². The van der Waals surface area contributed by atoms with Gasteiger partial charge in [-0.3, -0.25) is 14.8 Å². The van der Waals surface area contributed by atoms with Gasteiger partial charge in [0, 0.05) is 30.5 Å². The Kier molecular flexibility index (Phi) is 5.68. The van der Waals surface area contributed by atoms with Crippen molar-refractivity contribution in [1.29, 1.82) is 5.41 Å². The average Bonchev–Trinajstić information content (AvgIpc) is 2.81. The minimum absolute atomic E-state index is 0.0906. The fraction of sp³-hybridized carbons (Fsp3) is 0.0833. The summed E-state index contributed by atoms with van der Waals surface area (Å²) in [4.78, 5) is 20.4. The molecule has 0 spiro atoms. The average molecular weight is 411 g/mol. The van der Waals surface area contributed by atoms with Crippen LogP contribution in [-0.2, 0) is 13.2 Å². The van der Waals surface area contributed by atoms with Gasteiger partial charge < -0.3 is 21.6 Å². The molecule has 2 aromatic heterocycles. The SMILES string of the molecule is N=Cc1ccc(-c2cc(OCc3ncccc3C(N)=O)c3cccnc3c2)cc1CN. The van der Waals surface area contributed by atoms with E-state index >= 15 is 0 Å². The molecule has 2 heterocycles. The van der Waals surface area contributed by atoms with Crippen LogP contribution in [0.1, 0.15) is 27.2 Å². The number of rotatable bonds is 7. The fourth-order valence-corrected chi connectivity index (χ4v) is 3.46. The van der Waals surface area contributed by atoms with Gasteiger partial charge in [-0.15, -0.1) is 0 Å². The third-order valence-corrected chi connectivity index (χ3v) is 5.05. The molecule has 7 nitrogen and oxygen atoms in total. The second kappa shape index (κ2) is 8.73. The summed E-state index contributed by atoms with van der Waals surface area (Å²) >= 11 is 0. The molecule has 154 valence electrons. The van der Waals surface area contributed by atoms with E-state index in [0.29, 0.717) is 23.6 Å². The zero-order valence-electron chi connectivity index (χ0n) is 16.7. The van der Waals surface area contributed by atoms with E-state index in [1.54, 1.807) is 24.5 Å². The van der Waals surface area contributed by atoms with Crippen LogP contribution in [0.25, 0.3) is 22.0 Å². The molecular weight excluding hydrogens is 390 g/mol. The Labute approximate surface area is 179 Å². The van der Waals surface area contributed by atoms with Gasteiger partial charge in [0.2, 0.25) is 0 Å². The third-order valence-electron chi connectivity index (χ3n) is 5.05. The van der Waals surface area contributed by atoms with Gasteiger partial charge in [-0.05, 0) is 64.7 Å². The molecule has 0 fully saturated rings. The van der Waals surface area contributed by atoms with Crippen LogP contribution < -0.4 is 16.2 Å². The third kappa shape index (κ3) is 4.12. The molecule has 0 aliphatic carbocycles. The quantitative estimate of drug-likeness (QED) is 0.401. The first-order chi connectivity index (χ1) is 15.1. The van der Waals surface area contributed by atoms with E-state index in [1.807, 2.05) is 42.5 Å². The van der Waals surface area contributed by atoms with Crippen LogP contribution in [0, 0.1) is 5.41 Å². The van der Waals surface area contributed by atoms with Gasteiger partial charge in [-0.25, -0.2) is 0 Å². The van der Waals surface area contributed by atoms with Crippen LogP contribution in [0.4, 0.5) is 0 Å². The van der Waals surface area contributed by atoms with Gasteiger partial charge >= 0.3 is 0 Å². The first-order valence-electron chi connectivity index (χ1n) is 9.70. The number of hydrogen-bond donors (Lipinski definition) is 3. The standard InChI is InChI=1S/C24H21N5O2/c25-12-16-6-5-15(9-18(16)13-26)17-10-21-19(3-1-7-28-21)23(11-17)31-14-22-20(24(27)30)4-2-8-29-22/h1-12,25H,13-14,26H2,(H2,27,30). The van der Waals surface area contributed by atoms with Crippen molar-refractivity contribution in [2.75, 3.05) is 0 Å². The van der Waals surface area contributed by atoms with Crippen molar-refractivity contribution in [3.63, 3.8) is 0 Å². The van der Waals surface area contributed by atoms with Crippen molar-refractivity contribution in [1.82, 2.24) is 9.97 Å². The lowest BCUT2D eigenvalue weighted by Crippen LogP contribution is -2.15. The number of carbonyl (C=O) groups excluding carboxylic acids is 1. The van der Waals surface area contributed by atoms with Gasteiger partial charge in [-0.2, -0.15) is 0 Å².